The van der Waals surface area contributed by atoms with Crippen molar-refractivity contribution in [1.29, 1.82) is 0 Å². The predicted molar refractivity (Wildman–Crippen MR) is 59.2 cm³/mol. The summed E-state index contributed by atoms with van der Waals surface area (Å²) in [6.45, 7) is 0. The molecule has 0 aliphatic carbocycles. The van der Waals surface area contributed by atoms with Gasteiger partial charge in [0.2, 0.25) is 5.88 Å². The third-order valence-corrected chi connectivity index (χ3v) is 2.62. The van der Waals surface area contributed by atoms with Crippen LogP contribution in [0.5, 0.6) is 5.88 Å². The topological polar surface area (TPSA) is 52.1 Å². The van der Waals surface area contributed by atoms with Gasteiger partial charge in [-0.25, -0.2) is 4.98 Å². The second-order valence-corrected chi connectivity index (χ2v) is 3.70. The van der Waals surface area contributed by atoms with Crippen LogP contribution < -0.4 is 4.74 Å². The van der Waals surface area contributed by atoms with Gasteiger partial charge in [-0.15, -0.1) is 0 Å². The molecule has 2 aromatic rings. The fourth-order valence-corrected chi connectivity index (χ4v) is 1.85. The summed E-state index contributed by atoms with van der Waals surface area (Å²) in [5.41, 5.74) is 0.679. The van der Waals surface area contributed by atoms with Gasteiger partial charge in [0, 0.05) is 4.47 Å². The number of carbonyl (C=O) groups excluding carboxylic acids is 1. The van der Waals surface area contributed by atoms with Crippen LogP contribution in [0.4, 0.5) is 0 Å². The van der Waals surface area contributed by atoms with Crippen molar-refractivity contribution in [1.82, 2.24) is 9.97 Å². The van der Waals surface area contributed by atoms with Crippen LogP contribution in [0.1, 0.15) is 10.6 Å². The summed E-state index contributed by atoms with van der Waals surface area (Å²) in [5.74, 6) is 0.520. The highest BCUT2D eigenvalue weighted by Crippen LogP contribution is 2.29. The van der Waals surface area contributed by atoms with E-state index in [2.05, 4.69) is 25.9 Å². The molecule has 0 aliphatic heterocycles. The summed E-state index contributed by atoms with van der Waals surface area (Å²) in [6.07, 6.45) is 0.600. The summed E-state index contributed by atoms with van der Waals surface area (Å²) in [5, 5.41) is 0.769. The van der Waals surface area contributed by atoms with E-state index in [0.717, 1.165) is 9.86 Å². The summed E-state index contributed by atoms with van der Waals surface area (Å²) in [6, 6.07) is 5.51. The van der Waals surface area contributed by atoms with Gasteiger partial charge in [0.15, 0.2) is 12.1 Å². The van der Waals surface area contributed by atoms with Crippen molar-refractivity contribution in [2.24, 2.45) is 0 Å². The normalized spacial score (nSPS) is 10.3. The standard InChI is InChI=1S/C10H7BrN2O2/c1-15-10-9-6(11)3-2-4-7(9)12-8(5-14)13-10/h2-5H,1H3. The van der Waals surface area contributed by atoms with Crippen molar-refractivity contribution >= 4 is 33.1 Å². The molecule has 15 heavy (non-hydrogen) atoms. The number of hydrogen-bond acceptors (Lipinski definition) is 4. The van der Waals surface area contributed by atoms with Crippen LogP contribution in [-0.4, -0.2) is 23.4 Å². The Morgan fingerprint density at radius 3 is 2.87 bits per heavy atom. The van der Waals surface area contributed by atoms with E-state index in [1.54, 1.807) is 6.07 Å². The highest BCUT2D eigenvalue weighted by molar-refractivity contribution is 9.10. The second kappa shape index (κ2) is 3.94. The number of ether oxygens (including phenoxy) is 1. The Balaban J connectivity index is 2.86. The Kier molecular flexibility index (Phi) is 2.64. The summed E-state index contributed by atoms with van der Waals surface area (Å²) < 4.78 is 5.95. The van der Waals surface area contributed by atoms with Crippen LogP contribution >= 0.6 is 15.9 Å². The number of methoxy groups -OCH3 is 1. The van der Waals surface area contributed by atoms with Crippen molar-refractivity contribution in [2.45, 2.75) is 0 Å². The average Bonchev–Trinajstić information content (AvgIpc) is 2.27. The first-order chi connectivity index (χ1) is 7.26. The molecule has 1 aromatic heterocycles. The molecular formula is C10H7BrN2O2. The molecule has 0 radical (unpaired) electrons. The SMILES string of the molecule is COc1nc(C=O)nc2cccc(Br)c12. The number of aromatic nitrogens is 2. The van der Waals surface area contributed by atoms with Gasteiger partial charge < -0.3 is 4.74 Å². The Bertz CT molecular complexity index is 528. The lowest BCUT2D eigenvalue weighted by atomic mass is 10.2. The van der Waals surface area contributed by atoms with E-state index in [4.69, 9.17) is 4.74 Å². The third-order valence-electron chi connectivity index (χ3n) is 1.96. The van der Waals surface area contributed by atoms with Crippen molar-refractivity contribution < 1.29 is 9.53 Å². The molecule has 1 aromatic carbocycles. The minimum Gasteiger partial charge on any atom is -0.480 e. The number of nitrogens with zero attached hydrogens (tertiary/aromatic N) is 2. The maximum absolute atomic E-state index is 10.6. The lowest BCUT2D eigenvalue weighted by Gasteiger charge is -2.05. The Morgan fingerprint density at radius 1 is 1.40 bits per heavy atom. The molecule has 2 rings (SSSR count). The van der Waals surface area contributed by atoms with E-state index >= 15 is 0 Å². The minimum atomic E-state index is 0.123. The van der Waals surface area contributed by atoms with Gasteiger partial charge >= 0.3 is 0 Å². The fourth-order valence-electron chi connectivity index (χ4n) is 1.33. The summed E-state index contributed by atoms with van der Waals surface area (Å²) >= 11 is 3.39. The molecule has 0 N–H and O–H groups in total. The maximum atomic E-state index is 10.6. The molecule has 0 unspecified atom stereocenters. The van der Waals surface area contributed by atoms with Crippen LogP contribution in [0.25, 0.3) is 10.9 Å². The molecule has 0 atom stereocenters. The molecule has 0 saturated carbocycles. The second-order valence-electron chi connectivity index (χ2n) is 2.84. The molecule has 76 valence electrons. The first-order valence-corrected chi connectivity index (χ1v) is 5.01. The van der Waals surface area contributed by atoms with Gasteiger partial charge in [-0.2, -0.15) is 4.98 Å². The Hall–Kier alpha value is -1.49. The number of fused-ring (bicyclic) bond motifs is 1. The van der Waals surface area contributed by atoms with Crippen LogP contribution in [0.3, 0.4) is 0 Å². The highest BCUT2D eigenvalue weighted by atomic mass is 79.9. The smallest absolute Gasteiger partial charge is 0.226 e. The lowest BCUT2D eigenvalue weighted by Crippen LogP contribution is -1.98. The lowest BCUT2D eigenvalue weighted by molar-refractivity contribution is 0.111. The number of carbonyl (C=O) groups is 1. The number of hydrogen-bond donors (Lipinski definition) is 0. The maximum Gasteiger partial charge on any atom is 0.226 e. The van der Waals surface area contributed by atoms with Crippen LogP contribution in [0, 0.1) is 0 Å². The summed E-state index contributed by atoms with van der Waals surface area (Å²) in [4.78, 5) is 18.7. The molecule has 0 fully saturated rings. The van der Waals surface area contributed by atoms with Crippen molar-refractivity contribution in [3.05, 3.63) is 28.5 Å². The average molecular weight is 267 g/mol. The predicted octanol–water partition coefficient (Wildman–Crippen LogP) is 2.21. The van der Waals surface area contributed by atoms with Crippen molar-refractivity contribution in [3.63, 3.8) is 0 Å². The van der Waals surface area contributed by atoms with E-state index < -0.39 is 0 Å². The molecule has 0 amide bonds. The van der Waals surface area contributed by atoms with Crippen LogP contribution in [-0.2, 0) is 0 Å². The van der Waals surface area contributed by atoms with Gasteiger partial charge in [0.05, 0.1) is 18.0 Å². The molecule has 0 saturated heterocycles. The molecule has 4 nitrogen and oxygen atoms in total. The molecule has 0 bridgehead atoms. The molecule has 0 spiro atoms. The highest BCUT2D eigenvalue weighted by Gasteiger charge is 2.09. The van der Waals surface area contributed by atoms with E-state index in [1.807, 2.05) is 12.1 Å². The molecular weight excluding hydrogens is 260 g/mol. The van der Waals surface area contributed by atoms with Gasteiger partial charge in [-0.3, -0.25) is 4.79 Å². The number of halogens is 1. The largest absolute Gasteiger partial charge is 0.480 e. The van der Waals surface area contributed by atoms with Gasteiger partial charge in [0.1, 0.15) is 0 Å². The van der Waals surface area contributed by atoms with E-state index in [0.29, 0.717) is 17.7 Å². The fraction of sp³-hybridized carbons (Fsp3) is 0.100. The van der Waals surface area contributed by atoms with Gasteiger partial charge in [0.25, 0.3) is 0 Å². The zero-order valence-corrected chi connectivity index (χ0v) is 9.48. The van der Waals surface area contributed by atoms with Crippen LogP contribution in [0.2, 0.25) is 0 Å². The van der Waals surface area contributed by atoms with E-state index in [-0.39, 0.29) is 5.82 Å². The molecule has 5 heteroatoms. The zero-order chi connectivity index (χ0) is 10.8. The number of benzene rings is 1. The van der Waals surface area contributed by atoms with Crippen molar-refractivity contribution in [2.75, 3.05) is 7.11 Å². The van der Waals surface area contributed by atoms with E-state index in [1.165, 1.54) is 7.11 Å². The van der Waals surface area contributed by atoms with Gasteiger partial charge in [-0.05, 0) is 28.1 Å². The minimum absolute atomic E-state index is 0.123. The number of aldehydes is 1. The van der Waals surface area contributed by atoms with Crippen LogP contribution in [0.15, 0.2) is 22.7 Å². The molecule has 0 aliphatic rings. The Morgan fingerprint density at radius 2 is 2.20 bits per heavy atom. The third kappa shape index (κ3) is 1.70. The van der Waals surface area contributed by atoms with Gasteiger partial charge in [-0.1, -0.05) is 6.07 Å². The molecule has 1 heterocycles. The summed E-state index contributed by atoms with van der Waals surface area (Å²) in [7, 11) is 1.51. The van der Waals surface area contributed by atoms with Crippen molar-refractivity contribution in [3.8, 4) is 5.88 Å². The Labute approximate surface area is 94.4 Å². The first kappa shape index (κ1) is 10.0. The monoisotopic (exact) mass is 266 g/mol. The first-order valence-electron chi connectivity index (χ1n) is 4.21. The van der Waals surface area contributed by atoms with E-state index in [9.17, 15) is 4.79 Å². The quantitative estimate of drug-likeness (QED) is 0.783. The zero-order valence-electron chi connectivity index (χ0n) is 7.90. The number of rotatable bonds is 2.